The Balaban J connectivity index is 2.18. The average Bonchev–Trinajstić information content (AvgIpc) is 2.59. The number of pyridine rings is 1. The molecule has 1 heterocycles. The summed E-state index contributed by atoms with van der Waals surface area (Å²) in [6.45, 7) is 0. The van der Waals surface area contributed by atoms with E-state index < -0.39 is 17.7 Å². The fraction of sp³-hybridized carbons (Fsp3) is 0.111. The second kappa shape index (κ2) is 5.96. The summed E-state index contributed by atoms with van der Waals surface area (Å²) in [5.74, 6) is -0.594. The molecule has 0 fully saturated rings. The van der Waals surface area contributed by atoms with E-state index in [-0.39, 0.29) is 11.3 Å². The van der Waals surface area contributed by atoms with Crippen LogP contribution in [-0.4, -0.2) is 18.1 Å². The lowest BCUT2D eigenvalue weighted by Gasteiger charge is -2.11. The van der Waals surface area contributed by atoms with Gasteiger partial charge in [-0.15, -0.1) is 0 Å². The van der Waals surface area contributed by atoms with Gasteiger partial charge in [-0.05, 0) is 24.3 Å². The van der Waals surface area contributed by atoms with Crippen LogP contribution >= 0.6 is 0 Å². The summed E-state index contributed by atoms with van der Waals surface area (Å²) in [5.41, 5.74) is 0.783. The maximum Gasteiger partial charge on any atom is 0.416 e. The van der Waals surface area contributed by atoms with Crippen LogP contribution in [0.3, 0.4) is 0 Å². The summed E-state index contributed by atoms with van der Waals surface area (Å²) in [5, 5.41) is 0.744. The Bertz CT molecular complexity index is 902. The molecule has 0 bridgehead atoms. The number of benzene rings is 2. The van der Waals surface area contributed by atoms with Crippen LogP contribution in [0.5, 0.6) is 0 Å². The van der Waals surface area contributed by atoms with E-state index in [0.717, 1.165) is 17.5 Å². The van der Waals surface area contributed by atoms with Gasteiger partial charge in [-0.2, -0.15) is 13.2 Å². The maximum atomic E-state index is 12.7. The number of hydrogen-bond donors (Lipinski definition) is 0. The van der Waals surface area contributed by atoms with Gasteiger partial charge in [0.15, 0.2) is 0 Å². The predicted molar refractivity (Wildman–Crippen MR) is 83.5 cm³/mol. The summed E-state index contributed by atoms with van der Waals surface area (Å²) < 4.78 is 42.9. The molecular weight excluding hydrogens is 319 g/mol. The van der Waals surface area contributed by atoms with E-state index in [0.29, 0.717) is 11.1 Å². The first kappa shape index (κ1) is 16.0. The lowest BCUT2D eigenvalue weighted by molar-refractivity contribution is -0.137. The molecule has 0 spiro atoms. The van der Waals surface area contributed by atoms with E-state index in [2.05, 4.69) is 4.98 Å². The van der Waals surface area contributed by atoms with Crippen LogP contribution in [-0.2, 0) is 10.9 Å². The standard InChI is InChI=1S/C18H12F3NO2/c1-24-17(23)14-10-12-4-2-3-5-15(12)22-16(14)11-6-8-13(9-7-11)18(19,20)21/h2-10H,1H3. The van der Waals surface area contributed by atoms with Crippen molar-refractivity contribution in [1.29, 1.82) is 0 Å². The number of methoxy groups -OCH3 is 1. The van der Waals surface area contributed by atoms with Crippen molar-refractivity contribution >= 4 is 16.9 Å². The minimum atomic E-state index is -4.42. The Kier molecular flexibility index (Phi) is 3.97. The van der Waals surface area contributed by atoms with Crippen molar-refractivity contribution in [2.75, 3.05) is 7.11 Å². The van der Waals surface area contributed by atoms with Gasteiger partial charge in [-0.3, -0.25) is 0 Å². The number of fused-ring (bicyclic) bond motifs is 1. The highest BCUT2D eigenvalue weighted by atomic mass is 19.4. The van der Waals surface area contributed by atoms with Crippen molar-refractivity contribution in [3.05, 3.63) is 65.7 Å². The number of carbonyl (C=O) groups excluding carboxylic acids is 1. The number of alkyl halides is 3. The molecular formula is C18H12F3NO2. The van der Waals surface area contributed by atoms with E-state index in [1.165, 1.54) is 19.2 Å². The van der Waals surface area contributed by atoms with Gasteiger partial charge in [0.2, 0.25) is 0 Å². The molecule has 0 radical (unpaired) electrons. The summed E-state index contributed by atoms with van der Waals surface area (Å²) in [6.07, 6.45) is -4.42. The number of aromatic nitrogens is 1. The van der Waals surface area contributed by atoms with Gasteiger partial charge in [-0.1, -0.05) is 30.3 Å². The normalized spacial score (nSPS) is 11.5. The van der Waals surface area contributed by atoms with Gasteiger partial charge in [0.1, 0.15) is 0 Å². The van der Waals surface area contributed by atoms with Gasteiger partial charge in [0.25, 0.3) is 0 Å². The Hall–Kier alpha value is -2.89. The lowest BCUT2D eigenvalue weighted by atomic mass is 10.0. The highest BCUT2D eigenvalue weighted by Crippen LogP contribution is 2.32. The SMILES string of the molecule is COC(=O)c1cc2ccccc2nc1-c1ccc(C(F)(F)F)cc1. The molecule has 0 atom stereocenters. The highest BCUT2D eigenvalue weighted by molar-refractivity contribution is 6.00. The Labute approximate surface area is 135 Å². The zero-order chi connectivity index (χ0) is 17.3. The monoisotopic (exact) mass is 331 g/mol. The van der Waals surface area contributed by atoms with Gasteiger partial charge >= 0.3 is 12.1 Å². The number of esters is 1. The van der Waals surface area contributed by atoms with Crippen molar-refractivity contribution in [2.24, 2.45) is 0 Å². The first-order valence-electron chi connectivity index (χ1n) is 7.06. The van der Waals surface area contributed by atoms with Crippen LogP contribution in [0.2, 0.25) is 0 Å². The number of para-hydroxylation sites is 1. The molecule has 0 aliphatic carbocycles. The molecule has 0 saturated heterocycles. The molecule has 0 unspecified atom stereocenters. The van der Waals surface area contributed by atoms with Crippen molar-refractivity contribution in [3.8, 4) is 11.3 Å². The van der Waals surface area contributed by atoms with E-state index in [4.69, 9.17) is 4.74 Å². The highest BCUT2D eigenvalue weighted by Gasteiger charge is 2.30. The molecule has 3 nitrogen and oxygen atoms in total. The zero-order valence-corrected chi connectivity index (χ0v) is 12.6. The number of nitrogens with zero attached hydrogens (tertiary/aromatic N) is 1. The van der Waals surface area contributed by atoms with Crippen molar-refractivity contribution in [3.63, 3.8) is 0 Å². The number of ether oxygens (including phenoxy) is 1. The van der Waals surface area contributed by atoms with Gasteiger partial charge in [0.05, 0.1) is 29.4 Å². The van der Waals surface area contributed by atoms with Crippen LogP contribution < -0.4 is 0 Å². The largest absolute Gasteiger partial charge is 0.465 e. The van der Waals surface area contributed by atoms with E-state index in [1.54, 1.807) is 24.3 Å². The molecule has 0 aliphatic rings. The summed E-state index contributed by atoms with van der Waals surface area (Å²) in [7, 11) is 1.24. The fourth-order valence-corrected chi connectivity index (χ4v) is 2.42. The molecule has 1 aromatic heterocycles. The smallest absolute Gasteiger partial charge is 0.416 e. The zero-order valence-electron chi connectivity index (χ0n) is 12.6. The van der Waals surface area contributed by atoms with Crippen molar-refractivity contribution in [1.82, 2.24) is 4.98 Å². The Morgan fingerprint density at radius 2 is 1.71 bits per heavy atom. The topological polar surface area (TPSA) is 39.2 Å². The minimum Gasteiger partial charge on any atom is -0.465 e. The molecule has 24 heavy (non-hydrogen) atoms. The van der Waals surface area contributed by atoms with Crippen molar-refractivity contribution in [2.45, 2.75) is 6.18 Å². The lowest BCUT2D eigenvalue weighted by Crippen LogP contribution is -2.07. The van der Waals surface area contributed by atoms with Crippen LogP contribution in [0.15, 0.2) is 54.6 Å². The first-order valence-corrected chi connectivity index (χ1v) is 7.06. The molecule has 122 valence electrons. The second-order valence-corrected chi connectivity index (χ2v) is 5.14. The van der Waals surface area contributed by atoms with Gasteiger partial charge < -0.3 is 4.74 Å². The predicted octanol–water partition coefficient (Wildman–Crippen LogP) is 4.71. The average molecular weight is 331 g/mol. The van der Waals surface area contributed by atoms with E-state index >= 15 is 0 Å². The third-order valence-corrected chi connectivity index (χ3v) is 3.61. The van der Waals surface area contributed by atoms with Crippen LogP contribution in [0.4, 0.5) is 13.2 Å². The minimum absolute atomic E-state index is 0.205. The Morgan fingerprint density at radius 1 is 1.04 bits per heavy atom. The summed E-state index contributed by atoms with van der Waals surface area (Å²) >= 11 is 0. The van der Waals surface area contributed by atoms with Crippen LogP contribution in [0.25, 0.3) is 22.2 Å². The molecule has 0 aliphatic heterocycles. The summed E-state index contributed by atoms with van der Waals surface area (Å²) in [6, 6.07) is 13.3. The van der Waals surface area contributed by atoms with Crippen molar-refractivity contribution < 1.29 is 22.7 Å². The van der Waals surface area contributed by atoms with Crippen LogP contribution in [0, 0.1) is 0 Å². The second-order valence-electron chi connectivity index (χ2n) is 5.14. The molecule has 6 heteroatoms. The van der Waals surface area contributed by atoms with Gasteiger partial charge in [0, 0.05) is 10.9 Å². The third kappa shape index (κ3) is 2.95. The number of hydrogen-bond acceptors (Lipinski definition) is 3. The van der Waals surface area contributed by atoms with Gasteiger partial charge in [-0.25, -0.2) is 9.78 Å². The maximum absolute atomic E-state index is 12.7. The Morgan fingerprint density at radius 3 is 2.33 bits per heavy atom. The number of carbonyl (C=O) groups is 1. The molecule has 3 aromatic rings. The fourth-order valence-electron chi connectivity index (χ4n) is 2.42. The molecule has 0 amide bonds. The molecule has 0 N–H and O–H groups in total. The third-order valence-electron chi connectivity index (χ3n) is 3.61. The van der Waals surface area contributed by atoms with E-state index in [9.17, 15) is 18.0 Å². The quantitative estimate of drug-likeness (QED) is 0.639. The molecule has 0 saturated carbocycles. The van der Waals surface area contributed by atoms with Crippen LogP contribution in [0.1, 0.15) is 15.9 Å². The molecule has 2 aromatic carbocycles. The number of halogens is 3. The number of rotatable bonds is 2. The summed E-state index contributed by atoms with van der Waals surface area (Å²) in [4.78, 5) is 16.5. The molecule has 3 rings (SSSR count). The first-order chi connectivity index (χ1) is 11.4. The van der Waals surface area contributed by atoms with E-state index in [1.807, 2.05) is 6.07 Å².